The molecule has 0 spiro atoms. The van der Waals surface area contributed by atoms with Crippen molar-refractivity contribution >= 4 is 22.1 Å². The third-order valence-electron chi connectivity index (χ3n) is 3.07. The molecule has 0 aliphatic carbocycles. The smallest absolute Gasteiger partial charge is 0.0582 e. The summed E-state index contributed by atoms with van der Waals surface area (Å²) in [6.07, 6.45) is 7.31. The molecule has 2 heterocycles. The molecule has 1 aromatic carbocycles. The Morgan fingerprint density at radius 1 is 1.16 bits per heavy atom. The van der Waals surface area contributed by atoms with E-state index in [0.29, 0.717) is 0 Å². The van der Waals surface area contributed by atoms with Crippen molar-refractivity contribution in [2.24, 2.45) is 0 Å². The van der Waals surface area contributed by atoms with E-state index in [2.05, 4.69) is 15.4 Å². The maximum absolute atomic E-state index is 5.95. The molecule has 96 valence electrons. The van der Waals surface area contributed by atoms with Crippen LogP contribution in [0.15, 0.2) is 49.1 Å². The van der Waals surface area contributed by atoms with Gasteiger partial charge in [-0.05, 0) is 24.3 Å². The van der Waals surface area contributed by atoms with Gasteiger partial charge >= 0.3 is 0 Å². The maximum Gasteiger partial charge on any atom is 0.0582 e. The highest BCUT2D eigenvalue weighted by molar-refractivity contribution is 6.00. The Balaban J connectivity index is 1.79. The summed E-state index contributed by atoms with van der Waals surface area (Å²) in [6, 6.07) is 7.80. The predicted molar refractivity (Wildman–Crippen MR) is 76.9 cm³/mol. The van der Waals surface area contributed by atoms with Crippen molar-refractivity contribution < 1.29 is 0 Å². The number of anilines is 2. The summed E-state index contributed by atoms with van der Waals surface area (Å²) in [4.78, 5) is 4.11. The van der Waals surface area contributed by atoms with Crippen LogP contribution in [0.25, 0.3) is 10.8 Å². The molecule has 0 saturated heterocycles. The van der Waals surface area contributed by atoms with Crippen molar-refractivity contribution in [3.8, 4) is 0 Å². The Morgan fingerprint density at radius 3 is 2.95 bits per heavy atom. The minimum absolute atomic E-state index is 0.751. The van der Waals surface area contributed by atoms with Crippen molar-refractivity contribution in [3.63, 3.8) is 0 Å². The molecule has 0 aliphatic heterocycles. The molecule has 19 heavy (non-hydrogen) atoms. The Kier molecular flexibility index (Phi) is 3.02. The van der Waals surface area contributed by atoms with Gasteiger partial charge in [-0.2, -0.15) is 5.10 Å². The van der Waals surface area contributed by atoms with Crippen molar-refractivity contribution in [1.29, 1.82) is 0 Å². The second-order valence-electron chi connectivity index (χ2n) is 4.32. The molecule has 0 bridgehead atoms. The first-order valence-electron chi connectivity index (χ1n) is 6.18. The first-order chi connectivity index (χ1) is 9.34. The number of hydrogen-bond donors (Lipinski definition) is 2. The first-order valence-corrected chi connectivity index (χ1v) is 6.18. The molecule has 0 saturated carbocycles. The Labute approximate surface area is 111 Å². The topological polar surface area (TPSA) is 68.8 Å². The lowest BCUT2D eigenvalue weighted by atomic mass is 10.1. The lowest BCUT2D eigenvalue weighted by Gasteiger charge is -2.11. The van der Waals surface area contributed by atoms with E-state index in [1.165, 1.54) is 0 Å². The Bertz CT molecular complexity index is 675. The van der Waals surface area contributed by atoms with Crippen LogP contribution in [0.5, 0.6) is 0 Å². The van der Waals surface area contributed by atoms with Gasteiger partial charge in [0.15, 0.2) is 0 Å². The quantitative estimate of drug-likeness (QED) is 0.699. The highest BCUT2D eigenvalue weighted by atomic mass is 15.3. The minimum atomic E-state index is 0.751. The summed E-state index contributed by atoms with van der Waals surface area (Å²) in [6.45, 7) is 1.63. The van der Waals surface area contributed by atoms with Crippen LogP contribution in [-0.2, 0) is 6.54 Å². The molecule has 5 heteroatoms. The van der Waals surface area contributed by atoms with Crippen molar-refractivity contribution in [3.05, 3.63) is 49.1 Å². The van der Waals surface area contributed by atoms with Crippen molar-refractivity contribution in [2.75, 3.05) is 17.6 Å². The number of nitrogens with two attached hydrogens (primary N) is 1. The Morgan fingerprint density at radius 2 is 2.11 bits per heavy atom. The van der Waals surface area contributed by atoms with Crippen LogP contribution in [0.3, 0.4) is 0 Å². The molecule has 2 aromatic heterocycles. The fourth-order valence-electron chi connectivity index (χ4n) is 2.10. The third-order valence-corrected chi connectivity index (χ3v) is 3.07. The molecule has 0 aliphatic rings. The van der Waals surface area contributed by atoms with Crippen LogP contribution in [0.4, 0.5) is 11.4 Å². The number of nitrogen functional groups attached to an aromatic ring is 1. The lowest BCUT2D eigenvalue weighted by Crippen LogP contribution is -2.11. The molecular formula is C14H15N5. The van der Waals surface area contributed by atoms with E-state index in [-0.39, 0.29) is 0 Å². The molecule has 3 rings (SSSR count). The van der Waals surface area contributed by atoms with Gasteiger partial charge < -0.3 is 11.1 Å². The van der Waals surface area contributed by atoms with E-state index in [9.17, 15) is 0 Å². The van der Waals surface area contributed by atoms with Crippen molar-refractivity contribution in [1.82, 2.24) is 14.8 Å². The molecule has 0 fully saturated rings. The molecule has 5 nitrogen and oxygen atoms in total. The average Bonchev–Trinajstić information content (AvgIpc) is 2.95. The second kappa shape index (κ2) is 4.97. The van der Waals surface area contributed by atoms with Crippen LogP contribution in [0, 0.1) is 0 Å². The van der Waals surface area contributed by atoms with Gasteiger partial charge in [-0.15, -0.1) is 0 Å². The fourth-order valence-corrected chi connectivity index (χ4v) is 2.10. The van der Waals surface area contributed by atoms with Crippen LogP contribution in [0.2, 0.25) is 0 Å². The van der Waals surface area contributed by atoms with Gasteiger partial charge in [-0.1, -0.05) is 0 Å². The third kappa shape index (κ3) is 2.35. The van der Waals surface area contributed by atoms with Crippen molar-refractivity contribution in [2.45, 2.75) is 6.54 Å². The van der Waals surface area contributed by atoms with Crippen LogP contribution in [-0.4, -0.2) is 21.3 Å². The maximum atomic E-state index is 5.95. The predicted octanol–water partition coefficient (Wildman–Crippen LogP) is 2.13. The van der Waals surface area contributed by atoms with Gasteiger partial charge in [0, 0.05) is 53.5 Å². The summed E-state index contributed by atoms with van der Waals surface area (Å²) in [5.41, 5.74) is 7.77. The van der Waals surface area contributed by atoms with Crippen LogP contribution < -0.4 is 11.1 Å². The van der Waals surface area contributed by atoms with E-state index < -0.39 is 0 Å². The number of hydrogen-bond acceptors (Lipinski definition) is 4. The molecule has 0 unspecified atom stereocenters. The molecule has 0 radical (unpaired) electrons. The van der Waals surface area contributed by atoms with E-state index in [4.69, 9.17) is 5.73 Å². The average molecular weight is 253 g/mol. The van der Waals surface area contributed by atoms with Crippen LogP contribution in [0.1, 0.15) is 0 Å². The summed E-state index contributed by atoms with van der Waals surface area (Å²) < 4.78 is 1.90. The van der Waals surface area contributed by atoms with Gasteiger partial charge in [-0.25, -0.2) is 0 Å². The molecule has 0 atom stereocenters. The SMILES string of the molecule is Nc1ccc(NCCn2cccn2)c2ccncc12. The van der Waals surface area contributed by atoms with E-state index in [1.54, 1.807) is 18.6 Å². The zero-order valence-corrected chi connectivity index (χ0v) is 10.5. The molecule has 0 amide bonds. The van der Waals surface area contributed by atoms with Gasteiger partial charge in [0.1, 0.15) is 0 Å². The largest absolute Gasteiger partial charge is 0.398 e. The number of nitrogens with one attached hydrogen (secondary N) is 1. The Hall–Kier alpha value is -2.56. The monoisotopic (exact) mass is 253 g/mol. The number of fused-ring (bicyclic) bond motifs is 1. The summed E-state index contributed by atoms with van der Waals surface area (Å²) in [5, 5.41) is 9.65. The highest BCUT2D eigenvalue weighted by Gasteiger charge is 2.03. The zero-order chi connectivity index (χ0) is 13.1. The number of nitrogens with zero attached hydrogens (tertiary/aromatic N) is 3. The van der Waals surface area contributed by atoms with E-state index in [0.717, 1.165) is 35.2 Å². The summed E-state index contributed by atoms with van der Waals surface area (Å²) in [5.74, 6) is 0. The van der Waals surface area contributed by atoms with Gasteiger partial charge in [-0.3, -0.25) is 9.67 Å². The van der Waals surface area contributed by atoms with E-state index in [1.807, 2.05) is 35.1 Å². The second-order valence-corrected chi connectivity index (χ2v) is 4.32. The number of benzene rings is 1. The lowest BCUT2D eigenvalue weighted by molar-refractivity contribution is 0.638. The first kappa shape index (κ1) is 11.5. The highest BCUT2D eigenvalue weighted by Crippen LogP contribution is 2.27. The van der Waals surface area contributed by atoms with Crippen LogP contribution >= 0.6 is 0 Å². The fraction of sp³-hybridized carbons (Fsp3) is 0.143. The summed E-state index contributed by atoms with van der Waals surface area (Å²) >= 11 is 0. The number of pyridine rings is 1. The van der Waals surface area contributed by atoms with Gasteiger partial charge in [0.2, 0.25) is 0 Å². The van der Waals surface area contributed by atoms with Gasteiger partial charge in [0.05, 0.1) is 6.54 Å². The standard InChI is InChI=1S/C14H15N5/c15-13-2-3-14(11-4-6-16-10-12(11)13)17-7-9-19-8-1-5-18-19/h1-6,8,10,17H,7,9,15H2. The number of rotatable bonds is 4. The van der Waals surface area contributed by atoms with Gasteiger partial charge in [0.25, 0.3) is 0 Å². The van der Waals surface area contributed by atoms with E-state index >= 15 is 0 Å². The molecular weight excluding hydrogens is 238 g/mol. The minimum Gasteiger partial charge on any atom is -0.398 e. The molecule has 3 N–H and O–H groups in total. The summed E-state index contributed by atoms with van der Waals surface area (Å²) in [7, 11) is 0. The number of aromatic nitrogens is 3. The molecule has 3 aromatic rings. The zero-order valence-electron chi connectivity index (χ0n) is 10.5. The normalized spacial score (nSPS) is 10.7.